The van der Waals surface area contributed by atoms with Crippen molar-refractivity contribution < 1.29 is 9.21 Å². The molecule has 1 aliphatic rings. The molecule has 0 unspecified atom stereocenters. The minimum absolute atomic E-state index is 0.101. The summed E-state index contributed by atoms with van der Waals surface area (Å²) in [5.41, 5.74) is 4.57. The molecule has 9 nitrogen and oxygen atoms in total. The molecule has 0 aliphatic carbocycles. The average Bonchev–Trinajstić information content (AvgIpc) is 3.40. The lowest BCUT2D eigenvalue weighted by Crippen LogP contribution is -2.36. The van der Waals surface area contributed by atoms with E-state index in [1.165, 1.54) is 6.33 Å². The van der Waals surface area contributed by atoms with Crippen molar-refractivity contribution in [2.45, 2.75) is 39.7 Å². The molecule has 1 amide bonds. The van der Waals surface area contributed by atoms with E-state index in [2.05, 4.69) is 25.0 Å². The van der Waals surface area contributed by atoms with Crippen molar-refractivity contribution in [3.05, 3.63) is 59.3 Å². The van der Waals surface area contributed by atoms with Crippen molar-refractivity contribution in [3.63, 3.8) is 0 Å². The van der Waals surface area contributed by atoms with Gasteiger partial charge >= 0.3 is 0 Å². The van der Waals surface area contributed by atoms with Gasteiger partial charge in [-0.05, 0) is 38.0 Å². The van der Waals surface area contributed by atoms with E-state index in [1.54, 1.807) is 16.9 Å². The maximum absolute atomic E-state index is 12.9. The molecular weight excluding hydrogens is 382 g/mol. The number of rotatable bonds is 4. The zero-order valence-electron chi connectivity index (χ0n) is 16.9. The molecule has 0 bridgehead atoms. The summed E-state index contributed by atoms with van der Waals surface area (Å²) < 4.78 is 7.62. The lowest BCUT2D eigenvalue weighted by Gasteiger charge is -2.25. The molecular formula is C21H21N7O2. The summed E-state index contributed by atoms with van der Waals surface area (Å²) in [5.74, 6) is 2.09. The highest BCUT2D eigenvalue weighted by molar-refractivity contribution is 5.76. The summed E-state index contributed by atoms with van der Waals surface area (Å²) in [6.07, 6.45) is 6.62. The Labute approximate surface area is 172 Å². The Hall–Kier alpha value is -3.62. The summed E-state index contributed by atoms with van der Waals surface area (Å²) >= 11 is 0. The number of carbonyl (C=O) groups is 1. The van der Waals surface area contributed by atoms with Crippen LogP contribution in [0.3, 0.4) is 0 Å². The largest absolute Gasteiger partial charge is 0.441 e. The van der Waals surface area contributed by atoms with Crippen molar-refractivity contribution in [2.75, 3.05) is 6.54 Å². The minimum Gasteiger partial charge on any atom is -0.441 e. The molecule has 4 aromatic heterocycles. The van der Waals surface area contributed by atoms with Gasteiger partial charge in [-0.15, -0.1) is 0 Å². The maximum atomic E-state index is 12.9. The highest BCUT2D eigenvalue weighted by Crippen LogP contribution is 2.26. The molecule has 4 aromatic rings. The number of carbonyl (C=O) groups excluding carboxylic acids is 1. The van der Waals surface area contributed by atoms with Gasteiger partial charge in [-0.3, -0.25) is 9.78 Å². The Bertz CT molecular complexity index is 1230. The number of nitrogens with zero attached hydrogens (tertiary/aromatic N) is 7. The Morgan fingerprint density at radius 2 is 2.17 bits per heavy atom. The minimum atomic E-state index is 0.101. The van der Waals surface area contributed by atoms with Crippen LogP contribution in [0.15, 0.2) is 35.3 Å². The summed E-state index contributed by atoms with van der Waals surface area (Å²) in [6, 6.07) is 3.77. The Morgan fingerprint density at radius 3 is 3.00 bits per heavy atom. The van der Waals surface area contributed by atoms with Gasteiger partial charge in [0.05, 0.1) is 12.1 Å². The molecule has 5 rings (SSSR count). The molecule has 0 saturated carbocycles. The van der Waals surface area contributed by atoms with Crippen molar-refractivity contribution in [3.8, 4) is 11.5 Å². The van der Waals surface area contributed by atoms with E-state index in [4.69, 9.17) is 4.42 Å². The van der Waals surface area contributed by atoms with E-state index in [1.807, 2.05) is 30.9 Å². The van der Waals surface area contributed by atoms with Crippen molar-refractivity contribution in [2.24, 2.45) is 0 Å². The smallest absolute Gasteiger partial charge is 0.252 e. The van der Waals surface area contributed by atoms with Gasteiger partial charge in [-0.25, -0.2) is 14.5 Å². The zero-order valence-corrected chi connectivity index (χ0v) is 16.9. The third-order valence-electron chi connectivity index (χ3n) is 5.57. The number of pyridine rings is 1. The second kappa shape index (κ2) is 7.33. The maximum Gasteiger partial charge on any atom is 0.252 e. The molecule has 5 heterocycles. The molecule has 0 N–H and O–H groups in total. The summed E-state index contributed by atoms with van der Waals surface area (Å²) in [4.78, 5) is 32.1. The van der Waals surface area contributed by atoms with Crippen LogP contribution < -0.4 is 0 Å². The fourth-order valence-electron chi connectivity index (χ4n) is 3.93. The van der Waals surface area contributed by atoms with Gasteiger partial charge in [-0.2, -0.15) is 10.1 Å². The van der Waals surface area contributed by atoms with E-state index in [-0.39, 0.29) is 5.91 Å². The number of oxazole rings is 1. The first kappa shape index (κ1) is 18.4. The van der Waals surface area contributed by atoms with Crippen LogP contribution in [-0.2, 0) is 24.2 Å². The molecule has 9 heteroatoms. The monoisotopic (exact) mass is 403 g/mol. The van der Waals surface area contributed by atoms with E-state index >= 15 is 0 Å². The third kappa shape index (κ3) is 3.22. The number of aromatic nitrogens is 6. The van der Waals surface area contributed by atoms with E-state index in [9.17, 15) is 4.79 Å². The lowest BCUT2D eigenvalue weighted by atomic mass is 10.1. The second-order valence-electron chi connectivity index (χ2n) is 7.43. The number of amides is 1. The van der Waals surface area contributed by atoms with Crippen molar-refractivity contribution in [1.82, 2.24) is 34.4 Å². The number of hydrogen-bond donors (Lipinski definition) is 0. The van der Waals surface area contributed by atoms with E-state index < -0.39 is 0 Å². The van der Waals surface area contributed by atoms with Gasteiger partial charge in [0, 0.05) is 43.2 Å². The fourth-order valence-corrected chi connectivity index (χ4v) is 3.93. The van der Waals surface area contributed by atoms with Crippen LogP contribution in [0.1, 0.15) is 34.8 Å². The van der Waals surface area contributed by atoms with Gasteiger partial charge in [0.2, 0.25) is 11.8 Å². The summed E-state index contributed by atoms with van der Waals surface area (Å²) in [6.45, 7) is 5.03. The highest BCUT2D eigenvalue weighted by Gasteiger charge is 2.26. The number of fused-ring (bicyclic) bond motifs is 2. The molecule has 0 atom stereocenters. The first-order valence-electron chi connectivity index (χ1n) is 9.92. The Kier molecular flexibility index (Phi) is 4.50. The molecule has 0 fully saturated rings. The van der Waals surface area contributed by atoms with Crippen molar-refractivity contribution in [1.29, 1.82) is 0 Å². The molecule has 0 aromatic carbocycles. The first-order chi connectivity index (χ1) is 14.6. The predicted octanol–water partition coefficient (Wildman–Crippen LogP) is 2.31. The summed E-state index contributed by atoms with van der Waals surface area (Å²) in [5, 5.41) is 4.21. The fraction of sp³-hybridized carbons (Fsp3) is 0.333. The van der Waals surface area contributed by atoms with Gasteiger partial charge in [0.1, 0.15) is 17.8 Å². The van der Waals surface area contributed by atoms with Crippen LogP contribution in [0.2, 0.25) is 0 Å². The quantitative estimate of drug-likeness (QED) is 0.515. The molecule has 152 valence electrons. The Balaban J connectivity index is 1.29. The van der Waals surface area contributed by atoms with E-state index in [0.717, 1.165) is 34.0 Å². The van der Waals surface area contributed by atoms with Crippen LogP contribution >= 0.6 is 0 Å². The standard InChI is InChI=1S/C21H21N7O2/c1-13-16(14(2)28-21(25-13)23-12-24-28)5-6-19(29)27-9-7-18-17(11-27)26-20(30-18)15-4-3-8-22-10-15/h3-4,8,10,12H,5-7,9,11H2,1-2H3. The molecule has 1 aliphatic heterocycles. The lowest BCUT2D eigenvalue weighted by molar-refractivity contribution is -0.132. The summed E-state index contributed by atoms with van der Waals surface area (Å²) in [7, 11) is 0. The zero-order chi connectivity index (χ0) is 20.7. The highest BCUT2D eigenvalue weighted by atomic mass is 16.4. The topological polar surface area (TPSA) is 102 Å². The molecule has 30 heavy (non-hydrogen) atoms. The van der Waals surface area contributed by atoms with Gasteiger partial charge in [-0.1, -0.05) is 0 Å². The average molecular weight is 403 g/mol. The van der Waals surface area contributed by atoms with Crippen molar-refractivity contribution >= 4 is 11.7 Å². The SMILES string of the molecule is Cc1nc2ncnn2c(C)c1CCC(=O)N1CCc2oc(-c3cccnc3)nc2C1. The van der Waals surface area contributed by atoms with Crippen LogP contribution in [0, 0.1) is 13.8 Å². The first-order valence-corrected chi connectivity index (χ1v) is 9.92. The third-order valence-corrected chi connectivity index (χ3v) is 5.57. The Morgan fingerprint density at radius 1 is 1.27 bits per heavy atom. The predicted molar refractivity (Wildman–Crippen MR) is 107 cm³/mol. The normalized spacial score (nSPS) is 13.6. The van der Waals surface area contributed by atoms with Crippen LogP contribution in [-0.4, -0.2) is 46.9 Å². The number of hydrogen-bond acceptors (Lipinski definition) is 7. The molecule has 0 radical (unpaired) electrons. The van der Waals surface area contributed by atoms with Crippen LogP contribution in [0.4, 0.5) is 0 Å². The van der Waals surface area contributed by atoms with E-state index in [0.29, 0.717) is 44.0 Å². The van der Waals surface area contributed by atoms with Crippen LogP contribution in [0.5, 0.6) is 0 Å². The van der Waals surface area contributed by atoms with Gasteiger partial charge in [0.25, 0.3) is 5.78 Å². The van der Waals surface area contributed by atoms with Gasteiger partial charge in [0.15, 0.2) is 0 Å². The molecule has 0 spiro atoms. The van der Waals surface area contributed by atoms with Crippen LogP contribution in [0.25, 0.3) is 17.2 Å². The number of aryl methyl sites for hydroxylation is 2. The van der Waals surface area contributed by atoms with Gasteiger partial charge < -0.3 is 9.32 Å². The second-order valence-corrected chi connectivity index (χ2v) is 7.43. The molecule has 0 saturated heterocycles.